The van der Waals surface area contributed by atoms with Crippen LogP contribution in [0.4, 0.5) is 0 Å². The second-order valence-corrected chi connectivity index (χ2v) is 11.5. The summed E-state index contributed by atoms with van der Waals surface area (Å²) in [5.41, 5.74) is 2.60. The van der Waals surface area contributed by atoms with Crippen molar-refractivity contribution in [2.45, 2.75) is 123 Å². The van der Waals surface area contributed by atoms with Crippen LogP contribution in [0.25, 0.3) is 0 Å². The van der Waals surface area contributed by atoms with Crippen LogP contribution in [0.1, 0.15) is 112 Å². The minimum absolute atomic E-state index is 0.325. The maximum absolute atomic E-state index is 10.3. The van der Waals surface area contributed by atoms with E-state index < -0.39 is 5.60 Å². The molecule has 2 fully saturated rings. The first-order valence-corrected chi connectivity index (χ1v) is 13.5. The van der Waals surface area contributed by atoms with Crippen molar-refractivity contribution in [1.29, 1.82) is 0 Å². The third kappa shape index (κ3) is 8.45. The van der Waals surface area contributed by atoms with Gasteiger partial charge in [0.25, 0.3) is 0 Å². The lowest BCUT2D eigenvalue weighted by atomic mass is 9.63. The molecule has 0 bridgehead atoms. The molecule has 0 radical (unpaired) electrons. The number of rotatable bonds is 11. The quantitative estimate of drug-likeness (QED) is 0.247. The van der Waals surface area contributed by atoms with Crippen LogP contribution in [-0.2, 0) is 0 Å². The molecular weight excluding hydrogens is 404 g/mol. The fraction of sp³-hybridized carbons (Fsp3) is 0.742. The van der Waals surface area contributed by atoms with E-state index in [1.165, 1.54) is 50.5 Å². The van der Waals surface area contributed by atoms with Crippen LogP contribution in [0.15, 0.2) is 36.0 Å². The standard InChI is InChI=1S/C31H50O2/c1-7-9-13-26(29(32)8-2)19-17-24(3)16-18-25-14-12-23-31(6)27(20-21-28(25)31)15-10-11-22-30(4,5)33/h8,16,18,26-29,32-33H,2,7,9-10,12-15,17,19-21,23H2,1,3-6H3/b24-16+,25-18+. The summed E-state index contributed by atoms with van der Waals surface area (Å²) in [6, 6.07) is 0. The molecule has 2 N–H and O–H groups in total. The number of hydrogen-bond donors (Lipinski definition) is 2. The van der Waals surface area contributed by atoms with E-state index in [9.17, 15) is 10.2 Å². The molecule has 2 aliphatic carbocycles. The molecule has 2 heteroatoms. The van der Waals surface area contributed by atoms with Crippen molar-refractivity contribution in [3.8, 4) is 11.8 Å². The lowest BCUT2D eigenvalue weighted by molar-refractivity contribution is 0.130. The van der Waals surface area contributed by atoms with Crippen LogP contribution in [0, 0.1) is 35.0 Å². The molecule has 0 heterocycles. The maximum Gasteiger partial charge on any atom is 0.119 e. The zero-order valence-corrected chi connectivity index (χ0v) is 22.1. The Kier molecular flexibility index (Phi) is 11.0. The molecule has 2 aliphatic rings. The Morgan fingerprint density at radius 3 is 2.73 bits per heavy atom. The zero-order chi connectivity index (χ0) is 24.5. The van der Waals surface area contributed by atoms with Crippen molar-refractivity contribution in [3.05, 3.63) is 36.0 Å². The summed E-state index contributed by atoms with van der Waals surface area (Å²) >= 11 is 0. The first-order chi connectivity index (χ1) is 15.6. The fourth-order valence-corrected chi connectivity index (χ4v) is 6.24. The second-order valence-electron chi connectivity index (χ2n) is 11.5. The fourth-order valence-electron chi connectivity index (χ4n) is 6.24. The highest BCUT2D eigenvalue weighted by Crippen LogP contribution is 2.58. The van der Waals surface area contributed by atoms with Gasteiger partial charge in [0.15, 0.2) is 0 Å². The van der Waals surface area contributed by atoms with Crippen molar-refractivity contribution < 1.29 is 10.2 Å². The van der Waals surface area contributed by atoms with E-state index in [0.717, 1.165) is 38.0 Å². The number of hydrogen-bond acceptors (Lipinski definition) is 2. The van der Waals surface area contributed by atoms with E-state index in [4.69, 9.17) is 0 Å². The molecule has 0 amide bonds. The van der Waals surface area contributed by atoms with Crippen molar-refractivity contribution in [2.24, 2.45) is 23.2 Å². The average Bonchev–Trinajstić information content (AvgIpc) is 3.10. The van der Waals surface area contributed by atoms with Crippen LogP contribution in [0.5, 0.6) is 0 Å². The molecule has 5 unspecified atom stereocenters. The summed E-state index contributed by atoms with van der Waals surface area (Å²) in [5, 5.41) is 20.1. The molecule has 0 aromatic heterocycles. The summed E-state index contributed by atoms with van der Waals surface area (Å²) < 4.78 is 0. The molecule has 0 aromatic rings. The molecule has 5 atom stereocenters. The largest absolute Gasteiger partial charge is 0.389 e. The van der Waals surface area contributed by atoms with Gasteiger partial charge in [-0.1, -0.05) is 62.0 Å². The van der Waals surface area contributed by atoms with Crippen LogP contribution < -0.4 is 0 Å². The van der Waals surface area contributed by atoms with Gasteiger partial charge in [0.05, 0.1) is 6.10 Å². The van der Waals surface area contributed by atoms with Crippen LogP contribution in [0.2, 0.25) is 0 Å². The molecule has 2 nitrogen and oxygen atoms in total. The molecule has 0 spiro atoms. The Bertz CT molecular complexity index is 741. The predicted octanol–water partition coefficient (Wildman–Crippen LogP) is 7.76. The molecule has 2 saturated carbocycles. The molecule has 0 saturated heterocycles. The van der Waals surface area contributed by atoms with Gasteiger partial charge in [-0.3, -0.25) is 0 Å². The van der Waals surface area contributed by atoms with Gasteiger partial charge in [-0.15, -0.1) is 12.5 Å². The van der Waals surface area contributed by atoms with Crippen molar-refractivity contribution in [3.63, 3.8) is 0 Å². The summed E-state index contributed by atoms with van der Waals surface area (Å²) in [4.78, 5) is 0. The number of fused-ring (bicyclic) bond motifs is 1. The van der Waals surface area contributed by atoms with Gasteiger partial charge in [0.2, 0.25) is 0 Å². The number of unbranched alkanes of at least 4 members (excludes halogenated alkanes) is 1. The van der Waals surface area contributed by atoms with Crippen molar-refractivity contribution in [2.75, 3.05) is 0 Å². The molecule has 2 rings (SSSR count). The first-order valence-electron chi connectivity index (χ1n) is 13.5. The highest BCUT2D eigenvalue weighted by Gasteiger charge is 2.48. The molecule has 33 heavy (non-hydrogen) atoms. The minimum Gasteiger partial charge on any atom is -0.389 e. The Balaban J connectivity index is 1.98. The van der Waals surface area contributed by atoms with E-state index in [1.807, 2.05) is 0 Å². The monoisotopic (exact) mass is 454 g/mol. The first kappa shape index (κ1) is 27.9. The van der Waals surface area contributed by atoms with Gasteiger partial charge in [0, 0.05) is 6.42 Å². The Labute approximate surface area is 204 Å². The van der Waals surface area contributed by atoms with E-state index in [-0.39, 0.29) is 6.10 Å². The predicted molar refractivity (Wildman–Crippen MR) is 142 cm³/mol. The maximum atomic E-state index is 10.3. The number of aliphatic hydroxyl groups excluding tert-OH is 1. The summed E-state index contributed by atoms with van der Waals surface area (Å²) in [7, 11) is 0. The van der Waals surface area contributed by atoms with E-state index in [0.29, 0.717) is 17.3 Å². The van der Waals surface area contributed by atoms with Crippen LogP contribution in [-0.4, -0.2) is 21.9 Å². The normalized spacial score (nSPS) is 28.7. The highest BCUT2D eigenvalue weighted by atomic mass is 16.3. The van der Waals surface area contributed by atoms with Crippen molar-refractivity contribution >= 4 is 0 Å². The minimum atomic E-state index is -0.882. The number of allylic oxidation sites excluding steroid dienone is 4. The lowest BCUT2D eigenvalue weighted by Gasteiger charge is -2.42. The molecule has 0 aromatic carbocycles. The van der Waals surface area contributed by atoms with Gasteiger partial charge < -0.3 is 10.2 Å². The summed E-state index contributed by atoms with van der Waals surface area (Å²) in [5.74, 6) is 7.97. The Morgan fingerprint density at radius 2 is 2.06 bits per heavy atom. The third-order valence-electron chi connectivity index (χ3n) is 8.32. The van der Waals surface area contributed by atoms with Gasteiger partial charge in [-0.05, 0) is 102 Å². The highest BCUT2D eigenvalue weighted by molar-refractivity contribution is 5.24. The molecule has 186 valence electrons. The lowest BCUT2D eigenvalue weighted by Crippen LogP contribution is -2.33. The van der Waals surface area contributed by atoms with Gasteiger partial charge in [-0.2, -0.15) is 0 Å². The zero-order valence-electron chi connectivity index (χ0n) is 22.1. The van der Waals surface area contributed by atoms with E-state index in [1.54, 1.807) is 25.5 Å². The third-order valence-corrected chi connectivity index (χ3v) is 8.32. The van der Waals surface area contributed by atoms with E-state index >= 15 is 0 Å². The Morgan fingerprint density at radius 1 is 1.30 bits per heavy atom. The van der Waals surface area contributed by atoms with Crippen LogP contribution in [0.3, 0.4) is 0 Å². The Hall–Kier alpha value is -1.30. The summed E-state index contributed by atoms with van der Waals surface area (Å²) in [6.07, 6.45) is 20.2. The molecule has 0 aliphatic heterocycles. The topological polar surface area (TPSA) is 40.5 Å². The average molecular weight is 455 g/mol. The molecular formula is C31H50O2. The van der Waals surface area contributed by atoms with E-state index in [2.05, 4.69) is 51.3 Å². The SMILES string of the molecule is C=CC(O)C(CCCC)CC/C(C)=C/C=C1\CCCC2(C)C(CCC#CC(C)(C)O)CCC12. The van der Waals surface area contributed by atoms with Gasteiger partial charge in [0.1, 0.15) is 5.60 Å². The number of aliphatic hydroxyl groups is 2. The van der Waals surface area contributed by atoms with Crippen LogP contribution >= 0.6 is 0 Å². The second kappa shape index (κ2) is 13.0. The van der Waals surface area contributed by atoms with Gasteiger partial charge >= 0.3 is 0 Å². The summed E-state index contributed by atoms with van der Waals surface area (Å²) in [6.45, 7) is 14.3. The smallest absolute Gasteiger partial charge is 0.119 e. The van der Waals surface area contributed by atoms with Gasteiger partial charge in [-0.25, -0.2) is 0 Å². The van der Waals surface area contributed by atoms with Crippen molar-refractivity contribution in [1.82, 2.24) is 0 Å².